The van der Waals surface area contributed by atoms with Crippen molar-refractivity contribution in [1.82, 2.24) is 9.78 Å². The Hall–Kier alpha value is -4.01. The first kappa shape index (κ1) is 21.2. The van der Waals surface area contributed by atoms with Crippen molar-refractivity contribution in [2.45, 2.75) is 19.9 Å². The van der Waals surface area contributed by atoms with Crippen molar-refractivity contribution >= 4 is 11.7 Å². The lowest BCUT2D eigenvalue weighted by Gasteiger charge is -2.03. The Bertz CT molecular complexity index is 1220. The van der Waals surface area contributed by atoms with Crippen LogP contribution in [0.3, 0.4) is 0 Å². The lowest BCUT2D eigenvalue weighted by atomic mass is 10.1. The normalized spacial score (nSPS) is 12.7. The highest BCUT2D eigenvalue weighted by Crippen LogP contribution is 2.32. The molecule has 9 nitrogen and oxygen atoms in total. The van der Waals surface area contributed by atoms with Gasteiger partial charge in [-0.05, 0) is 48.9 Å². The molecule has 9 heteroatoms. The van der Waals surface area contributed by atoms with Crippen molar-refractivity contribution in [2.75, 3.05) is 21.0 Å². The van der Waals surface area contributed by atoms with E-state index in [1.165, 1.54) is 11.8 Å². The zero-order valence-corrected chi connectivity index (χ0v) is 18.0. The molecule has 4 rings (SSSR count). The van der Waals surface area contributed by atoms with Gasteiger partial charge in [0.25, 0.3) is 5.56 Å². The summed E-state index contributed by atoms with van der Waals surface area (Å²) < 4.78 is 22.1. The van der Waals surface area contributed by atoms with Crippen molar-refractivity contribution in [1.29, 1.82) is 0 Å². The second-order valence-corrected chi connectivity index (χ2v) is 7.15. The molecule has 1 aliphatic rings. The van der Waals surface area contributed by atoms with Crippen LogP contribution < -0.4 is 19.8 Å². The number of nitrogens with zero attached hydrogens (tertiary/aromatic N) is 2. The summed E-state index contributed by atoms with van der Waals surface area (Å²) in [5, 5.41) is 3.03. The van der Waals surface area contributed by atoms with Gasteiger partial charge in [0, 0.05) is 5.71 Å². The van der Waals surface area contributed by atoms with Crippen LogP contribution >= 0.6 is 0 Å². The number of H-pyrrole nitrogens is 1. The van der Waals surface area contributed by atoms with E-state index in [2.05, 4.69) is 10.1 Å². The van der Waals surface area contributed by atoms with Crippen LogP contribution in [0.25, 0.3) is 5.69 Å². The van der Waals surface area contributed by atoms with Crippen molar-refractivity contribution in [2.24, 2.45) is 4.99 Å². The van der Waals surface area contributed by atoms with Crippen LogP contribution in [0.2, 0.25) is 0 Å². The molecule has 32 heavy (non-hydrogen) atoms. The van der Waals surface area contributed by atoms with Crippen LogP contribution in [0, 0.1) is 0 Å². The Morgan fingerprint density at radius 1 is 1.12 bits per heavy atom. The number of rotatable bonds is 7. The van der Waals surface area contributed by atoms with E-state index in [1.54, 1.807) is 38.3 Å². The first-order valence-corrected chi connectivity index (χ1v) is 9.95. The van der Waals surface area contributed by atoms with E-state index < -0.39 is 5.97 Å². The SMILES string of the molecule is COC(=O)Cc1[nH]n(-c2ccc(OC)cc2)c(=O)c1C(C)=NCc1ccc2c(c1)OCO2. The smallest absolute Gasteiger partial charge is 0.311 e. The van der Waals surface area contributed by atoms with Gasteiger partial charge < -0.3 is 18.9 Å². The monoisotopic (exact) mass is 437 g/mol. The number of carbonyl (C=O) groups excluding carboxylic acids is 1. The number of aliphatic imine (C=N–C) groups is 1. The summed E-state index contributed by atoms with van der Waals surface area (Å²) in [7, 11) is 2.88. The number of hydrogen-bond acceptors (Lipinski definition) is 7. The first-order valence-electron chi connectivity index (χ1n) is 9.95. The number of methoxy groups -OCH3 is 2. The summed E-state index contributed by atoms with van der Waals surface area (Å²) in [5.41, 5.74) is 2.50. The number of aromatic amines is 1. The number of esters is 1. The molecule has 0 aliphatic carbocycles. The number of nitrogens with one attached hydrogen (secondary N) is 1. The summed E-state index contributed by atoms with van der Waals surface area (Å²) in [6.07, 6.45) is -0.0822. The molecule has 0 saturated carbocycles. The maximum Gasteiger partial charge on any atom is 0.311 e. The van der Waals surface area contributed by atoms with E-state index >= 15 is 0 Å². The molecule has 0 atom stereocenters. The van der Waals surface area contributed by atoms with Gasteiger partial charge >= 0.3 is 5.97 Å². The van der Waals surface area contributed by atoms with E-state index in [-0.39, 0.29) is 18.8 Å². The van der Waals surface area contributed by atoms with Gasteiger partial charge in [-0.25, -0.2) is 4.68 Å². The van der Waals surface area contributed by atoms with Crippen LogP contribution in [-0.4, -0.2) is 42.5 Å². The zero-order valence-electron chi connectivity index (χ0n) is 18.0. The van der Waals surface area contributed by atoms with Gasteiger partial charge in [-0.15, -0.1) is 0 Å². The number of carbonyl (C=O) groups is 1. The lowest BCUT2D eigenvalue weighted by molar-refractivity contribution is -0.139. The molecule has 1 N–H and O–H groups in total. The van der Waals surface area contributed by atoms with Crippen molar-refractivity contribution in [3.63, 3.8) is 0 Å². The van der Waals surface area contributed by atoms with E-state index in [4.69, 9.17) is 18.9 Å². The van der Waals surface area contributed by atoms with E-state index in [1.807, 2.05) is 18.2 Å². The van der Waals surface area contributed by atoms with E-state index in [0.717, 1.165) is 5.56 Å². The Kier molecular flexibility index (Phi) is 5.98. The van der Waals surface area contributed by atoms with Crippen LogP contribution in [0.4, 0.5) is 0 Å². The van der Waals surface area contributed by atoms with Crippen LogP contribution in [0.1, 0.15) is 23.7 Å². The minimum absolute atomic E-state index is 0.0822. The summed E-state index contributed by atoms with van der Waals surface area (Å²) in [5.74, 6) is 1.58. The molecule has 0 saturated heterocycles. The highest BCUT2D eigenvalue weighted by molar-refractivity contribution is 6.00. The first-order chi connectivity index (χ1) is 15.5. The quantitative estimate of drug-likeness (QED) is 0.450. The third-order valence-corrected chi connectivity index (χ3v) is 5.14. The fraction of sp³-hybridized carbons (Fsp3) is 0.261. The third-order valence-electron chi connectivity index (χ3n) is 5.14. The van der Waals surface area contributed by atoms with Gasteiger partial charge in [-0.1, -0.05) is 6.07 Å². The largest absolute Gasteiger partial charge is 0.497 e. The molecule has 2 aromatic carbocycles. The van der Waals surface area contributed by atoms with Crippen molar-refractivity contribution in [3.8, 4) is 22.9 Å². The Morgan fingerprint density at radius 2 is 1.88 bits per heavy atom. The summed E-state index contributed by atoms with van der Waals surface area (Å²) in [6, 6.07) is 12.6. The zero-order chi connectivity index (χ0) is 22.7. The predicted octanol–water partition coefficient (Wildman–Crippen LogP) is 2.63. The molecule has 0 amide bonds. The molecule has 0 radical (unpaired) electrons. The fourth-order valence-corrected chi connectivity index (χ4v) is 3.44. The van der Waals surface area contributed by atoms with Crippen LogP contribution in [-0.2, 0) is 22.5 Å². The summed E-state index contributed by atoms with van der Waals surface area (Å²) in [6.45, 7) is 2.29. The molecular weight excluding hydrogens is 414 g/mol. The standard InChI is InChI=1S/C23H23N3O6/c1-14(24-12-15-4-9-19-20(10-15)32-13-31-19)22-18(11-21(27)30-3)25-26(23(22)28)16-5-7-17(29-2)8-6-16/h4-10,25H,11-13H2,1-3H3. The second-order valence-electron chi connectivity index (χ2n) is 7.15. The van der Waals surface area contributed by atoms with Gasteiger partial charge in [0.15, 0.2) is 11.5 Å². The number of fused-ring (bicyclic) bond motifs is 1. The maximum atomic E-state index is 13.3. The molecule has 0 unspecified atom stereocenters. The Balaban J connectivity index is 1.68. The molecule has 0 fully saturated rings. The molecule has 2 heterocycles. The summed E-state index contributed by atoms with van der Waals surface area (Å²) in [4.78, 5) is 29.8. The number of hydrogen-bond donors (Lipinski definition) is 1. The number of aromatic nitrogens is 2. The maximum absolute atomic E-state index is 13.3. The van der Waals surface area contributed by atoms with Gasteiger partial charge in [-0.3, -0.25) is 19.7 Å². The molecule has 0 spiro atoms. The Labute approximate surface area is 184 Å². The molecule has 1 aliphatic heterocycles. The van der Waals surface area contributed by atoms with Gasteiger partial charge in [0.05, 0.1) is 44.1 Å². The molecule has 3 aromatic rings. The predicted molar refractivity (Wildman–Crippen MR) is 117 cm³/mol. The van der Waals surface area contributed by atoms with Crippen LogP contribution in [0.15, 0.2) is 52.3 Å². The van der Waals surface area contributed by atoms with Gasteiger partial charge in [-0.2, -0.15) is 0 Å². The van der Waals surface area contributed by atoms with Crippen molar-refractivity contribution < 1.29 is 23.7 Å². The molecule has 166 valence electrons. The lowest BCUT2D eigenvalue weighted by Crippen LogP contribution is -2.20. The average Bonchev–Trinajstić information content (AvgIpc) is 3.41. The minimum atomic E-state index is -0.460. The van der Waals surface area contributed by atoms with Crippen molar-refractivity contribution in [3.05, 3.63) is 69.6 Å². The van der Waals surface area contributed by atoms with Gasteiger partial charge in [0.2, 0.25) is 6.79 Å². The Morgan fingerprint density at radius 3 is 2.59 bits per heavy atom. The highest BCUT2D eigenvalue weighted by Gasteiger charge is 2.20. The van der Waals surface area contributed by atoms with E-state index in [0.29, 0.717) is 46.4 Å². The number of ether oxygens (including phenoxy) is 4. The van der Waals surface area contributed by atoms with Crippen LogP contribution in [0.5, 0.6) is 17.2 Å². The topological polar surface area (TPSA) is 104 Å². The minimum Gasteiger partial charge on any atom is -0.497 e. The highest BCUT2D eigenvalue weighted by atomic mass is 16.7. The molecule has 0 bridgehead atoms. The fourth-order valence-electron chi connectivity index (χ4n) is 3.44. The molecule has 1 aromatic heterocycles. The average molecular weight is 437 g/mol. The third kappa shape index (κ3) is 4.22. The number of benzene rings is 2. The second kappa shape index (κ2) is 9.01. The summed E-state index contributed by atoms with van der Waals surface area (Å²) >= 11 is 0. The van der Waals surface area contributed by atoms with E-state index in [9.17, 15) is 9.59 Å². The molecular formula is C23H23N3O6. The van der Waals surface area contributed by atoms with Gasteiger partial charge in [0.1, 0.15) is 5.75 Å².